The molecular weight excluding hydrogens is 1090 g/mol. The second-order valence-electron chi connectivity index (χ2n) is 20.4. The van der Waals surface area contributed by atoms with Crippen LogP contribution in [0.2, 0.25) is 0 Å². The predicted molar refractivity (Wildman–Crippen MR) is 312 cm³/mol. The normalized spacial score (nSPS) is 13.9. The Labute approximate surface area is 485 Å². The van der Waals surface area contributed by atoms with E-state index in [1.54, 1.807) is 32.2 Å². The number of nitrogens with two attached hydrogens (primary N) is 8. The van der Waals surface area contributed by atoms with Crippen LogP contribution in [0.3, 0.4) is 0 Å². The number of fused-ring (bicyclic) bond motifs is 1. The zero-order chi connectivity index (χ0) is 62.3. The van der Waals surface area contributed by atoms with E-state index in [1.165, 1.54) is 12.5 Å². The second-order valence-corrected chi connectivity index (χ2v) is 20.4. The number of para-hydroxylation sites is 1. The van der Waals surface area contributed by atoms with E-state index >= 15 is 0 Å². The van der Waals surface area contributed by atoms with Crippen LogP contribution in [-0.4, -0.2) is 171 Å². The van der Waals surface area contributed by atoms with Gasteiger partial charge in [0.15, 0.2) is 17.9 Å². The van der Waals surface area contributed by atoms with Crippen LogP contribution < -0.4 is 83.1 Å². The number of hydrogen-bond acceptors (Lipinski definition) is 15. The Hall–Kier alpha value is -9.07. The van der Waals surface area contributed by atoms with E-state index in [0.717, 1.165) is 5.52 Å². The minimum atomic E-state index is -1.60. The molecule has 32 nitrogen and oxygen atoms in total. The number of aliphatic imine (C=N–C) groups is 3. The van der Waals surface area contributed by atoms with Gasteiger partial charge in [0, 0.05) is 67.9 Å². The molecule has 0 saturated heterocycles. The highest BCUT2D eigenvalue weighted by Crippen LogP contribution is 2.20. The standard InChI is InChI=1S/C52H85N21O11/c1-28(2)22-38(46(80)68-34(13-5-6-18-53)43(77)70-37(49(83)84)16-17-41(74)75)71-45(79)36(15-9-21-64-52(59)60)69-48(82)40(24-30-26-61-27-66-30)73-47(81)39(23-29-25-65-33-12-4-3-10-31(29)33)72-44(78)35(14-8-20-63-51(57)58)67-42(76)32(54)11-7-19-62-50(55)56/h3-4,10,12,25-28,32,34-40,65H,5-9,11,13-24,53-54H2,1-2H3,(H,61,66)(H,67,76)(H,68,80)(H,69,82)(H,70,77)(H,71,79)(H,72,78)(H,73,81)(H,74,75)(H,83,84)(H4,55,56,62)(H4,57,58,63)(H4,59,60,64)/t32-,34-,35-,36-,37-,38-,39-,40-/m0/s1. The molecule has 2 aromatic heterocycles. The Morgan fingerprint density at radius 1 is 0.548 bits per heavy atom. The number of amides is 7. The molecule has 27 N–H and O–H groups in total. The fourth-order valence-corrected chi connectivity index (χ4v) is 8.65. The molecule has 464 valence electrons. The number of carbonyl (C=O) groups is 9. The number of hydrogen-bond donors (Lipinski definition) is 19. The van der Waals surface area contributed by atoms with Gasteiger partial charge in [0.05, 0.1) is 12.4 Å². The smallest absolute Gasteiger partial charge is 0.326 e. The van der Waals surface area contributed by atoms with Crippen molar-refractivity contribution in [2.24, 2.45) is 66.8 Å². The van der Waals surface area contributed by atoms with Crippen molar-refractivity contribution >= 4 is 82.1 Å². The van der Waals surface area contributed by atoms with Crippen molar-refractivity contribution in [2.75, 3.05) is 26.2 Å². The quantitative estimate of drug-likeness (QED) is 0.0145. The average molecular weight is 1180 g/mol. The first-order valence-corrected chi connectivity index (χ1v) is 27.6. The molecule has 0 bridgehead atoms. The number of unbranched alkanes of at least 4 members (excludes halogenated alkanes) is 1. The molecule has 3 rings (SSSR count). The first-order valence-electron chi connectivity index (χ1n) is 27.6. The topological polar surface area (TPSA) is 568 Å². The molecule has 32 heteroatoms. The number of guanidine groups is 3. The lowest BCUT2D eigenvalue weighted by molar-refractivity contribution is -0.143. The summed E-state index contributed by atoms with van der Waals surface area (Å²) in [5.41, 5.74) is 46.7. The fourth-order valence-electron chi connectivity index (χ4n) is 8.65. The molecule has 3 aromatic rings. The number of benzene rings is 1. The Morgan fingerprint density at radius 3 is 1.49 bits per heavy atom. The van der Waals surface area contributed by atoms with Crippen molar-refractivity contribution in [3.63, 3.8) is 0 Å². The maximum absolute atomic E-state index is 14.9. The van der Waals surface area contributed by atoms with Crippen LogP contribution >= 0.6 is 0 Å². The SMILES string of the molecule is CC(C)C[C@H](NC(=O)[C@H](CCCN=C(N)N)NC(=O)[C@H](Cc1cnc[nH]1)NC(=O)[C@H](Cc1c[nH]c2ccccc12)NC(=O)[C@H](CCCN=C(N)N)NC(=O)[C@@H](N)CCCN=C(N)N)C(=O)N[C@@H](CCCCN)C(=O)N[C@@H](CCC(=O)O)C(=O)O. The summed E-state index contributed by atoms with van der Waals surface area (Å²) in [6.07, 6.45) is 4.45. The van der Waals surface area contributed by atoms with Crippen LogP contribution in [0.4, 0.5) is 0 Å². The molecule has 84 heavy (non-hydrogen) atoms. The van der Waals surface area contributed by atoms with Crippen LogP contribution in [0.1, 0.15) is 102 Å². The van der Waals surface area contributed by atoms with Crippen molar-refractivity contribution in [3.8, 4) is 0 Å². The number of imidazole rings is 1. The largest absolute Gasteiger partial charge is 0.481 e. The summed E-state index contributed by atoms with van der Waals surface area (Å²) in [6.45, 7) is 4.06. The first kappa shape index (κ1) is 69.2. The fraction of sp³-hybridized carbons (Fsp3) is 0.558. The molecule has 0 saturated carbocycles. The predicted octanol–water partition coefficient (Wildman–Crippen LogP) is -4.32. The molecule has 0 aliphatic heterocycles. The van der Waals surface area contributed by atoms with E-state index in [9.17, 15) is 48.3 Å². The van der Waals surface area contributed by atoms with Gasteiger partial charge in [-0.15, -0.1) is 0 Å². The number of carboxylic acids is 2. The summed E-state index contributed by atoms with van der Waals surface area (Å²) in [4.78, 5) is 145. The molecule has 7 amide bonds. The van der Waals surface area contributed by atoms with Gasteiger partial charge in [0.1, 0.15) is 42.3 Å². The number of carboxylic acid groups (broad SMARTS) is 2. The summed E-state index contributed by atoms with van der Waals surface area (Å²) in [5, 5.41) is 38.1. The first-order chi connectivity index (χ1) is 39.9. The third-order valence-electron chi connectivity index (χ3n) is 13.0. The third kappa shape index (κ3) is 25.8. The van der Waals surface area contributed by atoms with Crippen LogP contribution in [0.5, 0.6) is 0 Å². The van der Waals surface area contributed by atoms with Crippen molar-refractivity contribution in [3.05, 3.63) is 54.2 Å². The van der Waals surface area contributed by atoms with E-state index in [-0.39, 0.29) is 108 Å². The Morgan fingerprint density at radius 2 is 1.00 bits per heavy atom. The number of nitrogens with one attached hydrogen (secondary N) is 9. The van der Waals surface area contributed by atoms with Crippen LogP contribution in [-0.2, 0) is 56.0 Å². The number of rotatable bonds is 40. The molecule has 0 fully saturated rings. The summed E-state index contributed by atoms with van der Waals surface area (Å²) in [5.74, 6) is -9.45. The Kier molecular flexibility index (Phi) is 30.0. The van der Waals surface area contributed by atoms with Crippen molar-refractivity contribution in [1.82, 2.24) is 52.2 Å². The third-order valence-corrected chi connectivity index (χ3v) is 13.0. The maximum atomic E-state index is 14.9. The van der Waals surface area contributed by atoms with Crippen molar-refractivity contribution in [2.45, 2.75) is 152 Å². The summed E-state index contributed by atoms with van der Waals surface area (Å²) < 4.78 is 0. The molecule has 8 atom stereocenters. The number of nitrogens with zero attached hydrogens (tertiary/aromatic N) is 4. The zero-order valence-corrected chi connectivity index (χ0v) is 47.4. The van der Waals surface area contributed by atoms with Gasteiger partial charge in [-0.1, -0.05) is 32.0 Å². The van der Waals surface area contributed by atoms with Crippen LogP contribution in [0.15, 0.2) is 58.0 Å². The average Bonchev–Trinajstić information content (AvgIpc) is 4.32. The van der Waals surface area contributed by atoms with Crippen molar-refractivity contribution < 1.29 is 53.4 Å². The molecule has 0 radical (unpaired) electrons. The van der Waals surface area contributed by atoms with E-state index in [2.05, 4.69) is 67.1 Å². The number of aromatic amines is 2. The molecule has 0 spiro atoms. The van der Waals surface area contributed by atoms with Crippen LogP contribution in [0.25, 0.3) is 10.9 Å². The monoisotopic (exact) mass is 1180 g/mol. The lowest BCUT2D eigenvalue weighted by Crippen LogP contribution is -2.60. The van der Waals surface area contributed by atoms with Gasteiger partial charge in [0.25, 0.3) is 0 Å². The van der Waals surface area contributed by atoms with Gasteiger partial charge in [-0.05, 0) is 94.7 Å². The molecule has 0 unspecified atom stereocenters. The highest BCUT2D eigenvalue weighted by atomic mass is 16.4. The summed E-state index contributed by atoms with van der Waals surface area (Å²) >= 11 is 0. The molecular formula is C52H85N21O11. The van der Waals surface area contributed by atoms with Gasteiger partial charge in [-0.25, -0.2) is 9.78 Å². The minimum absolute atomic E-state index is 0.00216. The van der Waals surface area contributed by atoms with E-state index in [1.807, 2.05) is 12.1 Å². The van der Waals surface area contributed by atoms with Gasteiger partial charge in [-0.2, -0.15) is 0 Å². The van der Waals surface area contributed by atoms with Crippen LogP contribution in [0, 0.1) is 5.92 Å². The van der Waals surface area contributed by atoms with Crippen molar-refractivity contribution in [1.29, 1.82) is 0 Å². The van der Waals surface area contributed by atoms with Gasteiger partial charge in [0.2, 0.25) is 41.4 Å². The number of carbonyl (C=O) groups excluding carboxylic acids is 7. The van der Waals surface area contributed by atoms with E-state index in [4.69, 9.17) is 51.0 Å². The Balaban J connectivity index is 2.03. The molecule has 1 aromatic carbocycles. The summed E-state index contributed by atoms with van der Waals surface area (Å²) in [6, 6.07) is -3.80. The summed E-state index contributed by atoms with van der Waals surface area (Å²) in [7, 11) is 0. The number of aliphatic carboxylic acids is 2. The molecule has 0 aliphatic rings. The van der Waals surface area contributed by atoms with Gasteiger partial charge in [-0.3, -0.25) is 53.3 Å². The second kappa shape index (κ2) is 36.4. The number of aromatic nitrogens is 3. The minimum Gasteiger partial charge on any atom is -0.481 e. The highest BCUT2D eigenvalue weighted by Gasteiger charge is 2.35. The van der Waals surface area contributed by atoms with E-state index in [0.29, 0.717) is 35.9 Å². The number of H-pyrrole nitrogens is 2. The zero-order valence-electron chi connectivity index (χ0n) is 47.4. The molecule has 0 aliphatic carbocycles. The maximum Gasteiger partial charge on any atom is 0.326 e. The van der Waals surface area contributed by atoms with Gasteiger partial charge < -0.3 is 103 Å². The van der Waals surface area contributed by atoms with Gasteiger partial charge >= 0.3 is 11.9 Å². The lowest BCUT2D eigenvalue weighted by Gasteiger charge is -2.28. The highest BCUT2D eigenvalue weighted by molar-refractivity contribution is 5.98. The van der Waals surface area contributed by atoms with E-state index < -0.39 is 114 Å². The molecule has 2 heterocycles. The Bertz CT molecular complexity index is 2720. The lowest BCUT2D eigenvalue weighted by atomic mass is 10.0.